The first kappa shape index (κ1) is 17.9. The molecule has 116 valence electrons. The topological polar surface area (TPSA) is 93.2 Å². The summed E-state index contributed by atoms with van der Waals surface area (Å²) in [6, 6.07) is 7.01. The number of halogens is 1. The first-order valence-corrected chi connectivity index (χ1v) is 9.64. The van der Waals surface area contributed by atoms with Crippen molar-refractivity contribution in [2.24, 2.45) is 0 Å². The van der Waals surface area contributed by atoms with E-state index in [1.54, 1.807) is 13.1 Å². The Balaban J connectivity index is 0.00000220. The third-order valence-electron chi connectivity index (χ3n) is 2.45. The van der Waals surface area contributed by atoms with Gasteiger partial charge < -0.3 is 5.32 Å². The lowest BCUT2D eigenvalue weighted by atomic mass is 10.5. The summed E-state index contributed by atoms with van der Waals surface area (Å²) in [5.41, 5.74) is 0. The Bertz CT molecular complexity index is 844. The summed E-state index contributed by atoms with van der Waals surface area (Å²) in [6.07, 6.45) is 0.982. The molecule has 0 aliphatic carbocycles. The lowest BCUT2D eigenvalue weighted by Crippen LogP contribution is -2.07. The first-order chi connectivity index (χ1) is 9.25. The molecule has 0 bridgehead atoms. The smallest absolute Gasteiger partial charge is 0.233 e. The number of aromatic nitrogens is 1. The summed E-state index contributed by atoms with van der Waals surface area (Å²) >= 11 is 1.06. The van der Waals surface area contributed by atoms with Gasteiger partial charge in [-0.05, 0) is 24.3 Å². The third-order valence-corrected chi connectivity index (χ3v) is 6.68. The number of nitrogens with one attached hydrogen (secondary N) is 1. The van der Waals surface area contributed by atoms with E-state index in [9.17, 15) is 16.8 Å². The number of nitrogens with zero attached hydrogens (tertiary/aromatic N) is 1. The fourth-order valence-corrected chi connectivity index (χ4v) is 4.59. The van der Waals surface area contributed by atoms with Crippen LogP contribution in [0.1, 0.15) is 0 Å². The van der Waals surface area contributed by atoms with E-state index in [2.05, 4.69) is 10.3 Å². The van der Waals surface area contributed by atoms with Crippen molar-refractivity contribution in [3.8, 4) is 0 Å². The van der Waals surface area contributed by atoms with Crippen molar-refractivity contribution in [2.45, 2.75) is 14.3 Å². The molecule has 1 N–H and O–H groups in total. The summed E-state index contributed by atoms with van der Waals surface area (Å²) in [7, 11) is -5.67. The second-order valence-electron chi connectivity index (χ2n) is 3.96. The lowest BCUT2D eigenvalue weighted by Gasteiger charge is -2.03. The fourth-order valence-electron chi connectivity index (χ4n) is 1.45. The van der Waals surface area contributed by atoms with E-state index in [0.717, 1.165) is 17.6 Å². The van der Waals surface area contributed by atoms with Gasteiger partial charge >= 0.3 is 0 Å². The second kappa shape index (κ2) is 6.30. The minimum Gasteiger partial charge on any atom is -0.380 e. The van der Waals surface area contributed by atoms with Gasteiger partial charge in [-0.3, -0.25) is 0 Å². The van der Waals surface area contributed by atoms with E-state index < -0.39 is 19.7 Å². The van der Waals surface area contributed by atoms with Crippen molar-refractivity contribution in [1.29, 1.82) is 0 Å². The first-order valence-electron chi connectivity index (χ1n) is 5.45. The monoisotopic (exact) mass is 368 g/mol. The predicted molar refractivity (Wildman–Crippen MR) is 83.9 cm³/mol. The van der Waals surface area contributed by atoms with Crippen LogP contribution in [0.2, 0.25) is 0 Å². The van der Waals surface area contributed by atoms with E-state index in [-0.39, 0.29) is 26.7 Å². The maximum atomic E-state index is 12.4. The number of pyridine rings is 1. The maximum Gasteiger partial charge on any atom is 0.233 e. The number of hydrogen-bond donors (Lipinski definition) is 1. The molecule has 0 atom stereocenters. The zero-order valence-corrected chi connectivity index (χ0v) is 14.4. The van der Waals surface area contributed by atoms with Crippen LogP contribution in [0.5, 0.6) is 0 Å². The van der Waals surface area contributed by atoms with E-state index in [1.165, 1.54) is 24.3 Å². The summed E-state index contributed by atoms with van der Waals surface area (Å²) < 4.78 is 47.7. The van der Waals surface area contributed by atoms with Gasteiger partial charge in [-0.1, -0.05) is 6.07 Å². The van der Waals surface area contributed by atoms with Crippen LogP contribution in [0.25, 0.3) is 0 Å². The van der Waals surface area contributed by atoms with Crippen LogP contribution in [0.15, 0.2) is 44.6 Å². The summed E-state index contributed by atoms with van der Waals surface area (Å²) in [5.74, 6) is 0. The molecule has 6 nitrogen and oxygen atoms in total. The highest BCUT2D eigenvalue weighted by molar-refractivity contribution is 7.93. The number of rotatable bonds is 4. The van der Waals surface area contributed by atoms with Crippen LogP contribution in [-0.4, -0.2) is 35.1 Å². The second-order valence-corrected chi connectivity index (χ2v) is 9.13. The molecular formula is C11H13ClN2O4S3. The number of sulfone groups is 2. The van der Waals surface area contributed by atoms with Crippen LogP contribution in [0.3, 0.4) is 0 Å². The molecule has 2 aromatic heterocycles. The molecular weight excluding hydrogens is 356 g/mol. The van der Waals surface area contributed by atoms with Crippen LogP contribution in [0, 0.1) is 0 Å². The largest absolute Gasteiger partial charge is 0.380 e. The van der Waals surface area contributed by atoms with Crippen molar-refractivity contribution in [3.05, 3.63) is 30.3 Å². The van der Waals surface area contributed by atoms with Crippen molar-refractivity contribution >= 4 is 48.4 Å². The fraction of sp³-hybridized carbons (Fsp3) is 0.182. The molecule has 0 fully saturated rings. The molecule has 2 aromatic rings. The van der Waals surface area contributed by atoms with Gasteiger partial charge in [0, 0.05) is 13.3 Å². The summed E-state index contributed by atoms with van der Waals surface area (Å²) in [4.78, 5) is 3.74. The Hall–Kier alpha value is -1.16. The molecule has 0 spiro atoms. The molecule has 0 unspecified atom stereocenters. The molecule has 2 heterocycles. The van der Waals surface area contributed by atoms with E-state index in [0.29, 0.717) is 5.00 Å². The molecule has 0 aliphatic heterocycles. The van der Waals surface area contributed by atoms with Gasteiger partial charge in [0.2, 0.25) is 9.84 Å². The van der Waals surface area contributed by atoms with Gasteiger partial charge in [0.05, 0.1) is 5.00 Å². The van der Waals surface area contributed by atoms with E-state index >= 15 is 0 Å². The average molecular weight is 369 g/mol. The highest BCUT2D eigenvalue weighted by Crippen LogP contribution is 2.29. The molecule has 2 rings (SSSR count). The van der Waals surface area contributed by atoms with Crippen LogP contribution < -0.4 is 5.32 Å². The van der Waals surface area contributed by atoms with Gasteiger partial charge in [0.15, 0.2) is 19.9 Å². The molecule has 0 saturated heterocycles. The lowest BCUT2D eigenvalue weighted by molar-refractivity contribution is 0.589. The Labute approximate surface area is 133 Å². The number of hydrogen-bond acceptors (Lipinski definition) is 7. The Morgan fingerprint density at radius 3 is 2.19 bits per heavy atom. The van der Waals surface area contributed by atoms with Gasteiger partial charge in [0.25, 0.3) is 0 Å². The summed E-state index contributed by atoms with van der Waals surface area (Å²) in [6.45, 7) is 0. The van der Waals surface area contributed by atoms with Gasteiger partial charge in [-0.15, -0.1) is 23.7 Å². The standard InChI is InChI=1S/C11H12N2O4S3.ClH/c1-12-8-6-7-11(18-8)20(16,17)10-5-3-4-9(13-10)19(2,14)15;/h3-7,12H,1-2H3;1H. The van der Waals surface area contributed by atoms with Gasteiger partial charge in [0.1, 0.15) is 4.21 Å². The molecule has 0 radical (unpaired) electrons. The van der Waals surface area contributed by atoms with E-state index in [1.807, 2.05) is 0 Å². The van der Waals surface area contributed by atoms with Gasteiger partial charge in [-0.2, -0.15) is 0 Å². The average Bonchev–Trinajstić information content (AvgIpc) is 2.87. The SMILES string of the molecule is CNc1ccc(S(=O)(=O)c2cccc(S(C)(=O)=O)n2)s1.Cl. The minimum atomic E-state index is -3.81. The molecule has 21 heavy (non-hydrogen) atoms. The normalized spacial score (nSPS) is 11.7. The zero-order chi connectivity index (χ0) is 15.0. The molecule has 0 aliphatic rings. The van der Waals surface area contributed by atoms with E-state index in [4.69, 9.17) is 0 Å². The highest BCUT2D eigenvalue weighted by Gasteiger charge is 2.23. The van der Waals surface area contributed by atoms with Crippen LogP contribution >= 0.6 is 23.7 Å². The zero-order valence-electron chi connectivity index (χ0n) is 11.1. The van der Waals surface area contributed by atoms with Crippen LogP contribution in [0.4, 0.5) is 5.00 Å². The van der Waals surface area contributed by atoms with Crippen molar-refractivity contribution < 1.29 is 16.8 Å². The molecule has 0 saturated carbocycles. The number of anilines is 1. The maximum absolute atomic E-state index is 12.4. The highest BCUT2D eigenvalue weighted by atomic mass is 35.5. The van der Waals surface area contributed by atoms with Gasteiger partial charge in [-0.25, -0.2) is 21.8 Å². The van der Waals surface area contributed by atoms with Crippen LogP contribution in [-0.2, 0) is 19.7 Å². The van der Waals surface area contributed by atoms with Crippen molar-refractivity contribution in [3.63, 3.8) is 0 Å². The third kappa shape index (κ3) is 3.73. The molecule has 10 heteroatoms. The molecule has 0 aromatic carbocycles. The van der Waals surface area contributed by atoms with Crippen molar-refractivity contribution in [1.82, 2.24) is 4.98 Å². The Morgan fingerprint density at radius 2 is 1.67 bits per heavy atom. The summed E-state index contributed by atoms with van der Waals surface area (Å²) in [5, 5.41) is 3.01. The van der Waals surface area contributed by atoms with Crippen molar-refractivity contribution in [2.75, 3.05) is 18.6 Å². The number of thiophene rings is 1. The quantitative estimate of drug-likeness (QED) is 0.885. The Morgan fingerprint density at radius 1 is 1.05 bits per heavy atom. The molecule has 0 amide bonds. The Kier molecular flexibility index (Phi) is 5.37. The predicted octanol–water partition coefficient (Wildman–Crippen LogP) is 1.84. The minimum absolute atomic E-state index is 0.